The molecule has 2 aliphatic heterocycles. The summed E-state index contributed by atoms with van der Waals surface area (Å²) in [6.07, 6.45) is 1.71. The molecule has 1 amide bonds. The average Bonchev–Trinajstić information content (AvgIpc) is 3.25. The van der Waals surface area contributed by atoms with Gasteiger partial charge in [0.15, 0.2) is 10.2 Å². The van der Waals surface area contributed by atoms with Crippen LogP contribution < -0.4 is 4.74 Å². The van der Waals surface area contributed by atoms with Crippen molar-refractivity contribution in [3.63, 3.8) is 0 Å². The normalized spacial score (nSPS) is 17.2. The number of amidine groups is 2. The van der Waals surface area contributed by atoms with Crippen LogP contribution in [0.3, 0.4) is 0 Å². The Balaban J connectivity index is 1.72. The minimum Gasteiger partial charge on any atom is -0.495 e. The lowest BCUT2D eigenvalue weighted by Gasteiger charge is -2.20. The van der Waals surface area contributed by atoms with E-state index >= 15 is 0 Å². The molecule has 0 atom stereocenters. The van der Waals surface area contributed by atoms with Gasteiger partial charge in [-0.25, -0.2) is 0 Å². The highest BCUT2D eigenvalue weighted by Gasteiger charge is 2.35. The molecule has 7 nitrogen and oxygen atoms in total. The molecule has 0 unspecified atom stereocenters. The van der Waals surface area contributed by atoms with Gasteiger partial charge in [0.05, 0.1) is 17.7 Å². The number of aromatic nitrogens is 1. The number of ether oxygens (including phenoxy) is 1. The van der Waals surface area contributed by atoms with Crippen LogP contribution in [-0.2, 0) is 4.79 Å². The van der Waals surface area contributed by atoms with Crippen LogP contribution in [0.15, 0.2) is 39.9 Å². The minimum atomic E-state index is -0.431. The predicted octanol–water partition coefficient (Wildman–Crippen LogP) is 5.09. The number of rotatable bonds is 4. The van der Waals surface area contributed by atoms with Gasteiger partial charge in [0, 0.05) is 17.1 Å². The number of fused-ring (bicyclic) bond motifs is 1. The highest BCUT2D eigenvalue weighted by molar-refractivity contribution is 8.45. The first kappa shape index (κ1) is 21.7. The molecule has 2 aliphatic rings. The van der Waals surface area contributed by atoms with Crippen LogP contribution in [0.2, 0.25) is 5.02 Å². The standard InChI is InChI=1S/C21H20ClN5O2S2/c1-5-30-21-25-27-18(23)15(19(28)24-20(27)31-21)9-13-8-11(2)26(12(13)3)14-6-7-17(29-4)16(22)10-14/h6-10,23H,5H2,1-4H3. The second kappa shape index (κ2) is 8.57. The van der Waals surface area contributed by atoms with Crippen LogP contribution in [0.4, 0.5) is 0 Å². The number of hydrogen-bond donors (Lipinski definition) is 1. The zero-order valence-corrected chi connectivity index (χ0v) is 19.8. The van der Waals surface area contributed by atoms with E-state index < -0.39 is 5.91 Å². The molecule has 0 radical (unpaired) electrons. The van der Waals surface area contributed by atoms with Crippen molar-refractivity contribution in [2.75, 3.05) is 12.9 Å². The van der Waals surface area contributed by atoms with Gasteiger partial charge in [-0.2, -0.15) is 10.0 Å². The second-order valence-corrected chi connectivity index (χ2v) is 9.67. The molecule has 31 heavy (non-hydrogen) atoms. The Bertz CT molecular complexity index is 1200. The molecule has 0 fully saturated rings. The van der Waals surface area contributed by atoms with Gasteiger partial charge in [0.25, 0.3) is 5.91 Å². The SMILES string of the molecule is CCSC1=NN2C(=N)C(=Cc3cc(C)n(-c4ccc(OC)c(Cl)c4)c3C)C(=O)N=C2S1. The number of amides is 1. The van der Waals surface area contributed by atoms with E-state index in [0.29, 0.717) is 15.9 Å². The summed E-state index contributed by atoms with van der Waals surface area (Å²) < 4.78 is 8.07. The number of thioether (sulfide) groups is 2. The van der Waals surface area contributed by atoms with Crippen LogP contribution in [0.5, 0.6) is 5.75 Å². The van der Waals surface area contributed by atoms with Gasteiger partial charge in [-0.05, 0) is 67.3 Å². The van der Waals surface area contributed by atoms with Crippen LogP contribution in [0, 0.1) is 19.3 Å². The van der Waals surface area contributed by atoms with Crippen LogP contribution in [-0.4, -0.2) is 43.7 Å². The van der Waals surface area contributed by atoms with Crippen molar-refractivity contribution >= 4 is 62.5 Å². The van der Waals surface area contributed by atoms with E-state index in [2.05, 4.69) is 10.1 Å². The molecule has 4 rings (SSSR count). The summed E-state index contributed by atoms with van der Waals surface area (Å²) in [5, 5.41) is 15.3. The van der Waals surface area contributed by atoms with Crippen molar-refractivity contribution in [1.82, 2.24) is 9.58 Å². The first-order valence-electron chi connectivity index (χ1n) is 9.50. The van der Waals surface area contributed by atoms with E-state index in [4.69, 9.17) is 21.7 Å². The molecule has 3 heterocycles. The number of carbonyl (C=O) groups is 1. The van der Waals surface area contributed by atoms with Gasteiger partial charge < -0.3 is 9.30 Å². The number of hydrazone groups is 1. The van der Waals surface area contributed by atoms with E-state index in [1.807, 2.05) is 49.6 Å². The molecule has 1 N–H and O–H groups in total. The fourth-order valence-corrected chi connectivity index (χ4v) is 5.51. The molecule has 2 aromatic rings. The maximum atomic E-state index is 12.7. The summed E-state index contributed by atoms with van der Waals surface area (Å²) >= 11 is 9.19. The monoisotopic (exact) mass is 473 g/mol. The highest BCUT2D eigenvalue weighted by Crippen LogP contribution is 2.33. The first-order chi connectivity index (χ1) is 14.8. The summed E-state index contributed by atoms with van der Waals surface area (Å²) in [5.41, 5.74) is 3.82. The van der Waals surface area contributed by atoms with E-state index in [1.165, 1.54) is 16.8 Å². The van der Waals surface area contributed by atoms with Crippen molar-refractivity contribution < 1.29 is 9.53 Å². The molecule has 0 saturated heterocycles. The van der Waals surface area contributed by atoms with E-state index in [-0.39, 0.29) is 11.4 Å². The number of nitrogens with one attached hydrogen (secondary N) is 1. The van der Waals surface area contributed by atoms with E-state index in [9.17, 15) is 4.79 Å². The summed E-state index contributed by atoms with van der Waals surface area (Å²) in [7, 11) is 1.58. The lowest BCUT2D eigenvalue weighted by molar-refractivity contribution is -0.114. The smallest absolute Gasteiger partial charge is 0.283 e. The Kier molecular flexibility index (Phi) is 6.00. The number of benzene rings is 1. The zero-order chi connectivity index (χ0) is 22.3. The summed E-state index contributed by atoms with van der Waals surface area (Å²) in [4.78, 5) is 16.8. The molecule has 1 aromatic heterocycles. The molecular formula is C21H20ClN5O2S2. The Labute approximate surface area is 193 Å². The van der Waals surface area contributed by atoms with Gasteiger partial charge in [-0.1, -0.05) is 30.3 Å². The summed E-state index contributed by atoms with van der Waals surface area (Å²) in [6, 6.07) is 7.56. The number of methoxy groups -OCH3 is 1. The van der Waals surface area contributed by atoms with Gasteiger partial charge in [-0.3, -0.25) is 10.2 Å². The Morgan fingerprint density at radius 3 is 2.77 bits per heavy atom. The minimum absolute atomic E-state index is 0.0338. The number of nitrogens with zero attached hydrogens (tertiary/aromatic N) is 4. The van der Waals surface area contributed by atoms with Gasteiger partial charge in [0.2, 0.25) is 5.17 Å². The van der Waals surface area contributed by atoms with Gasteiger partial charge in [-0.15, -0.1) is 5.10 Å². The predicted molar refractivity (Wildman–Crippen MR) is 130 cm³/mol. The average molecular weight is 474 g/mol. The van der Waals surface area contributed by atoms with Gasteiger partial charge >= 0.3 is 0 Å². The second-order valence-electron chi connectivity index (χ2n) is 6.80. The van der Waals surface area contributed by atoms with Crippen molar-refractivity contribution in [3.8, 4) is 11.4 Å². The number of carbonyl (C=O) groups excluding carboxylic acids is 1. The van der Waals surface area contributed by atoms with Crippen molar-refractivity contribution in [3.05, 3.63) is 51.8 Å². The molecular weight excluding hydrogens is 454 g/mol. The lowest BCUT2D eigenvalue weighted by atomic mass is 10.1. The fraction of sp³-hybridized carbons (Fsp3) is 0.238. The van der Waals surface area contributed by atoms with Crippen molar-refractivity contribution in [2.24, 2.45) is 10.1 Å². The largest absolute Gasteiger partial charge is 0.495 e. The van der Waals surface area contributed by atoms with Crippen LogP contribution in [0.25, 0.3) is 11.8 Å². The Morgan fingerprint density at radius 2 is 2.10 bits per heavy atom. The van der Waals surface area contributed by atoms with Crippen LogP contribution >= 0.6 is 35.1 Å². The van der Waals surface area contributed by atoms with E-state index in [0.717, 1.165) is 32.8 Å². The molecule has 0 bridgehead atoms. The fourth-order valence-electron chi connectivity index (χ4n) is 3.44. The first-order valence-corrected chi connectivity index (χ1v) is 11.7. The molecule has 10 heteroatoms. The third-order valence-electron chi connectivity index (χ3n) is 4.87. The summed E-state index contributed by atoms with van der Waals surface area (Å²) in [6.45, 7) is 5.97. The molecule has 0 spiro atoms. The van der Waals surface area contributed by atoms with Gasteiger partial charge in [0.1, 0.15) is 5.75 Å². The molecule has 1 aromatic carbocycles. The number of hydrogen-bond acceptors (Lipinski definition) is 6. The Morgan fingerprint density at radius 1 is 1.32 bits per heavy atom. The highest BCUT2D eigenvalue weighted by atomic mass is 35.5. The number of aliphatic imine (C=N–C) groups is 1. The topological polar surface area (TPSA) is 83.0 Å². The third-order valence-corrected chi connectivity index (χ3v) is 7.09. The maximum absolute atomic E-state index is 12.7. The number of aryl methyl sites for hydroxylation is 1. The van der Waals surface area contributed by atoms with Crippen molar-refractivity contribution in [2.45, 2.75) is 20.8 Å². The Hall–Kier alpha value is -2.49. The molecule has 160 valence electrons. The molecule has 0 saturated carbocycles. The number of halogens is 1. The zero-order valence-electron chi connectivity index (χ0n) is 17.4. The van der Waals surface area contributed by atoms with Crippen LogP contribution in [0.1, 0.15) is 23.9 Å². The third kappa shape index (κ3) is 3.93. The lowest BCUT2D eigenvalue weighted by Crippen LogP contribution is -2.35. The maximum Gasteiger partial charge on any atom is 0.283 e. The summed E-state index contributed by atoms with van der Waals surface area (Å²) in [5.74, 6) is 1.07. The quantitative estimate of drug-likeness (QED) is 0.625. The van der Waals surface area contributed by atoms with Crippen molar-refractivity contribution in [1.29, 1.82) is 5.41 Å². The molecule has 0 aliphatic carbocycles. The van der Waals surface area contributed by atoms with E-state index in [1.54, 1.807) is 24.9 Å².